The van der Waals surface area contributed by atoms with Crippen LogP contribution in [0, 0.1) is 0 Å². The Morgan fingerprint density at radius 1 is 1.67 bits per heavy atom. The van der Waals surface area contributed by atoms with Crippen LogP contribution in [0.2, 0.25) is 0 Å². The van der Waals surface area contributed by atoms with Crippen LogP contribution in [0.4, 0.5) is 0 Å². The smallest absolute Gasteiger partial charge is 0.111 e. The van der Waals surface area contributed by atoms with Crippen LogP contribution in [0.3, 0.4) is 0 Å². The van der Waals surface area contributed by atoms with Crippen molar-refractivity contribution < 1.29 is 8.76 Å². The van der Waals surface area contributed by atoms with Gasteiger partial charge in [0.2, 0.25) is 0 Å². The zero-order valence-electron chi connectivity index (χ0n) is 7.11. The van der Waals surface area contributed by atoms with Gasteiger partial charge in [0, 0.05) is 19.7 Å². The zero-order valence-corrected chi connectivity index (χ0v) is 7.93. The van der Waals surface area contributed by atoms with Crippen molar-refractivity contribution in [3.05, 3.63) is 11.8 Å². The molecule has 0 saturated carbocycles. The molecule has 12 heavy (non-hydrogen) atoms. The van der Waals surface area contributed by atoms with Gasteiger partial charge < -0.3 is 4.55 Å². The first-order valence-corrected chi connectivity index (χ1v) is 4.74. The Kier molecular flexibility index (Phi) is 2.99. The van der Waals surface area contributed by atoms with E-state index < -0.39 is 11.1 Å². The van der Waals surface area contributed by atoms with Crippen molar-refractivity contribution in [3.8, 4) is 0 Å². The summed E-state index contributed by atoms with van der Waals surface area (Å²) in [5, 5.41) is 5.65. The second-order valence-corrected chi connectivity index (χ2v) is 3.72. The molecular formula is C7H11N2O2S-. The van der Waals surface area contributed by atoms with Crippen LogP contribution < -0.4 is 0 Å². The third-order valence-corrected chi connectivity index (χ3v) is 2.27. The molecule has 0 radical (unpaired) electrons. The molecule has 0 bridgehead atoms. The largest absolute Gasteiger partial charge is 0.767 e. The predicted octanol–water partition coefficient (Wildman–Crippen LogP) is 0.808. The molecule has 5 heteroatoms. The maximum atomic E-state index is 10.6. The fraction of sp³-hybridized carbons (Fsp3) is 0.571. The van der Waals surface area contributed by atoms with E-state index >= 15 is 0 Å². The van der Waals surface area contributed by atoms with Crippen LogP contribution >= 0.6 is 0 Å². The van der Waals surface area contributed by atoms with Crippen LogP contribution in [-0.2, 0) is 11.1 Å². The summed E-state index contributed by atoms with van der Waals surface area (Å²) >= 11 is -2.17. The normalized spacial score (nSPS) is 21.1. The monoisotopic (exact) mass is 187 g/mol. The van der Waals surface area contributed by atoms with Crippen LogP contribution in [0.25, 0.3) is 0 Å². The Morgan fingerprint density at radius 3 is 2.92 bits per heavy atom. The lowest BCUT2D eigenvalue weighted by Gasteiger charge is -2.09. The van der Waals surface area contributed by atoms with Gasteiger partial charge in [0.05, 0.1) is 0 Å². The summed E-state index contributed by atoms with van der Waals surface area (Å²) in [4.78, 5) is 0. The first kappa shape index (κ1) is 9.41. The van der Waals surface area contributed by atoms with Gasteiger partial charge in [0.1, 0.15) is 5.04 Å². The average Bonchev–Trinajstić information content (AvgIpc) is 2.11. The summed E-state index contributed by atoms with van der Waals surface area (Å²) in [6.45, 7) is 1.96. The Bertz CT molecular complexity index is 260. The third kappa shape index (κ3) is 2.42. The van der Waals surface area contributed by atoms with E-state index in [9.17, 15) is 8.76 Å². The number of nitrogens with zero attached hydrogens (tertiary/aromatic N) is 2. The topological polar surface area (TPSA) is 55.7 Å². The van der Waals surface area contributed by atoms with Crippen molar-refractivity contribution in [1.82, 2.24) is 5.01 Å². The lowest BCUT2D eigenvalue weighted by molar-refractivity contribution is 0.487. The van der Waals surface area contributed by atoms with Crippen molar-refractivity contribution >= 4 is 16.1 Å². The molecule has 0 aromatic heterocycles. The van der Waals surface area contributed by atoms with E-state index in [0.29, 0.717) is 6.42 Å². The zero-order chi connectivity index (χ0) is 9.14. The molecule has 1 atom stereocenters. The summed E-state index contributed by atoms with van der Waals surface area (Å²) in [5.74, 6) is 0. The molecule has 0 aromatic carbocycles. The standard InChI is InChI=1S/C7H12N2O2S/c1-6-3-4-7(12(10)11)8-9(2)5-6/h5H,3-4H2,1-2H3,(H,10,11)/p-1. The quantitative estimate of drug-likeness (QED) is 0.527. The van der Waals surface area contributed by atoms with Gasteiger partial charge in [-0.3, -0.25) is 9.22 Å². The number of hydrogen-bond acceptors (Lipinski definition) is 4. The van der Waals surface area contributed by atoms with Crippen molar-refractivity contribution in [2.24, 2.45) is 5.10 Å². The highest BCUT2D eigenvalue weighted by Gasteiger charge is 2.06. The van der Waals surface area contributed by atoms with Crippen LogP contribution in [0.5, 0.6) is 0 Å². The molecule has 4 nitrogen and oxygen atoms in total. The van der Waals surface area contributed by atoms with Gasteiger partial charge in [-0.15, -0.1) is 0 Å². The molecule has 68 valence electrons. The van der Waals surface area contributed by atoms with Gasteiger partial charge in [-0.1, -0.05) is 5.57 Å². The second kappa shape index (κ2) is 3.82. The SMILES string of the molecule is CC1=CN(C)N=C(S(=O)[O-])CC1. The molecule has 0 amide bonds. The molecule has 1 aliphatic rings. The molecule has 1 rings (SSSR count). The number of allylic oxidation sites excluding steroid dienone is 1. The van der Waals surface area contributed by atoms with Gasteiger partial charge in [-0.2, -0.15) is 5.10 Å². The molecule has 0 N–H and O–H groups in total. The van der Waals surface area contributed by atoms with Crippen LogP contribution in [0.15, 0.2) is 16.9 Å². The van der Waals surface area contributed by atoms with Gasteiger partial charge in [0.25, 0.3) is 0 Å². The van der Waals surface area contributed by atoms with Gasteiger partial charge in [0.15, 0.2) is 0 Å². The average molecular weight is 187 g/mol. The highest BCUT2D eigenvalue weighted by molar-refractivity contribution is 7.95. The summed E-state index contributed by atoms with van der Waals surface area (Å²) < 4.78 is 21.2. The maximum Gasteiger partial charge on any atom is 0.111 e. The minimum absolute atomic E-state index is 0.227. The Hall–Kier alpha value is -0.680. The summed E-state index contributed by atoms with van der Waals surface area (Å²) in [7, 11) is 1.72. The number of hydrazone groups is 1. The third-order valence-electron chi connectivity index (χ3n) is 1.60. The van der Waals surface area contributed by atoms with Crippen LogP contribution in [-0.4, -0.2) is 25.9 Å². The van der Waals surface area contributed by atoms with Crippen molar-refractivity contribution in [3.63, 3.8) is 0 Å². The molecule has 1 unspecified atom stereocenters. The van der Waals surface area contributed by atoms with E-state index in [-0.39, 0.29) is 5.04 Å². The summed E-state index contributed by atoms with van der Waals surface area (Å²) in [6.07, 6.45) is 3.10. The van der Waals surface area contributed by atoms with Crippen molar-refractivity contribution in [2.75, 3.05) is 7.05 Å². The van der Waals surface area contributed by atoms with Crippen LogP contribution in [0.1, 0.15) is 19.8 Å². The second-order valence-electron chi connectivity index (χ2n) is 2.78. The molecule has 1 aliphatic heterocycles. The summed E-state index contributed by atoms with van der Waals surface area (Å²) in [5.41, 5.74) is 1.14. The van der Waals surface area contributed by atoms with Gasteiger partial charge in [-0.25, -0.2) is 0 Å². The minimum Gasteiger partial charge on any atom is -0.767 e. The van der Waals surface area contributed by atoms with E-state index in [1.807, 2.05) is 13.1 Å². The first-order valence-electron chi connectivity index (χ1n) is 3.66. The van der Waals surface area contributed by atoms with Gasteiger partial charge in [-0.05, 0) is 24.4 Å². The fourth-order valence-corrected chi connectivity index (χ4v) is 1.52. The minimum atomic E-state index is -2.17. The molecule has 0 aliphatic carbocycles. The molecular weight excluding hydrogens is 176 g/mol. The highest BCUT2D eigenvalue weighted by atomic mass is 32.2. The fourth-order valence-electron chi connectivity index (χ4n) is 1.06. The summed E-state index contributed by atoms with van der Waals surface area (Å²) in [6, 6.07) is 0. The Balaban J connectivity index is 2.79. The van der Waals surface area contributed by atoms with Crippen molar-refractivity contribution in [1.29, 1.82) is 0 Å². The molecule has 1 heterocycles. The van der Waals surface area contributed by atoms with E-state index in [4.69, 9.17) is 0 Å². The van der Waals surface area contributed by atoms with E-state index in [2.05, 4.69) is 5.10 Å². The Morgan fingerprint density at radius 2 is 2.33 bits per heavy atom. The van der Waals surface area contributed by atoms with E-state index in [0.717, 1.165) is 12.0 Å². The molecule has 0 saturated heterocycles. The van der Waals surface area contributed by atoms with E-state index in [1.165, 1.54) is 5.01 Å². The Labute approximate surface area is 74.2 Å². The number of rotatable bonds is 0. The first-order chi connectivity index (χ1) is 5.59. The van der Waals surface area contributed by atoms with Gasteiger partial charge >= 0.3 is 0 Å². The highest BCUT2D eigenvalue weighted by Crippen LogP contribution is 2.12. The molecule has 0 spiro atoms. The lowest BCUT2D eigenvalue weighted by Crippen LogP contribution is -2.10. The maximum absolute atomic E-state index is 10.6. The van der Waals surface area contributed by atoms with Crippen molar-refractivity contribution in [2.45, 2.75) is 19.8 Å². The predicted molar refractivity (Wildman–Crippen MR) is 47.1 cm³/mol. The number of hydrogen-bond donors (Lipinski definition) is 0. The van der Waals surface area contributed by atoms with E-state index in [1.54, 1.807) is 7.05 Å². The lowest BCUT2D eigenvalue weighted by atomic mass is 10.2. The molecule has 0 fully saturated rings. The molecule has 0 aromatic rings.